The molecule has 0 saturated carbocycles. The highest BCUT2D eigenvalue weighted by atomic mass is 35.5. The lowest BCUT2D eigenvalue weighted by molar-refractivity contribution is 0.208. The van der Waals surface area contributed by atoms with Crippen molar-refractivity contribution in [2.45, 2.75) is 6.92 Å². The third kappa shape index (κ3) is 5.23. The number of nitrogens with zero attached hydrogens (tertiary/aromatic N) is 4. The van der Waals surface area contributed by atoms with E-state index < -0.39 is 0 Å². The average molecular weight is 472 g/mol. The van der Waals surface area contributed by atoms with E-state index in [0.717, 1.165) is 22.8 Å². The summed E-state index contributed by atoms with van der Waals surface area (Å²) < 4.78 is 5.48. The van der Waals surface area contributed by atoms with Crippen LogP contribution in [0.3, 0.4) is 0 Å². The number of ether oxygens (including phenoxy) is 1. The summed E-state index contributed by atoms with van der Waals surface area (Å²) >= 11 is 11.9. The number of carbonyl (C=O) groups excluding carboxylic acids is 1. The van der Waals surface area contributed by atoms with Crippen molar-refractivity contribution in [3.8, 4) is 17.0 Å². The zero-order valence-corrected chi connectivity index (χ0v) is 19.1. The van der Waals surface area contributed by atoms with Crippen LogP contribution in [-0.4, -0.2) is 53.9 Å². The van der Waals surface area contributed by atoms with Crippen molar-refractivity contribution >= 4 is 40.7 Å². The summed E-state index contributed by atoms with van der Waals surface area (Å²) in [5.41, 5.74) is 2.40. The minimum absolute atomic E-state index is 0.167. The van der Waals surface area contributed by atoms with Crippen LogP contribution in [0.2, 0.25) is 10.0 Å². The fourth-order valence-corrected chi connectivity index (χ4v) is 3.75. The van der Waals surface area contributed by atoms with Crippen LogP contribution in [-0.2, 0) is 0 Å². The molecule has 32 heavy (non-hydrogen) atoms. The van der Waals surface area contributed by atoms with Gasteiger partial charge in [0.2, 0.25) is 0 Å². The van der Waals surface area contributed by atoms with Crippen LogP contribution in [0.4, 0.5) is 16.3 Å². The first-order valence-electron chi connectivity index (χ1n) is 10.4. The predicted octanol–water partition coefficient (Wildman–Crippen LogP) is 5.20. The Morgan fingerprint density at radius 3 is 2.34 bits per heavy atom. The molecule has 2 aromatic carbocycles. The number of halogens is 2. The maximum absolute atomic E-state index is 12.6. The van der Waals surface area contributed by atoms with Crippen LogP contribution >= 0.6 is 23.2 Å². The van der Waals surface area contributed by atoms with E-state index in [-0.39, 0.29) is 6.03 Å². The Kier molecular flexibility index (Phi) is 6.97. The largest absolute Gasteiger partial charge is 0.494 e. The molecule has 7 nitrogen and oxygen atoms in total. The Balaban J connectivity index is 1.32. The van der Waals surface area contributed by atoms with Gasteiger partial charge < -0.3 is 19.9 Å². The van der Waals surface area contributed by atoms with Crippen LogP contribution in [0, 0.1) is 0 Å². The Morgan fingerprint density at radius 2 is 1.72 bits per heavy atom. The van der Waals surface area contributed by atoms with Gasteiger partial charge in [0.15, 0.2) is 5.82 Å². The molecule has 2 heterocycles. The van der Waals surface area contributed by atoms with Crippen molar-refractivity contribution in [2.75, 3.05) is 43.0 Å². The first-order valence-corrected chi connectivity index (χ1v) is 11.1. The maximum Gasteiger partial charge on any atom is 0.321 e. The number of amides is 2. The SMILES string of the molecule is CCOc1ccc(-c2ccc(N3CCN(C(=O)Nc4ccc(Cl)c(Cl)c4)CC3)nn2)cc1. The standard InChI is InChI=1S/C23H23Cl2N5O2/c1-2-32-18-6-3-16(4-7-18)21-9-10-22(28-27-21)29-11-13-30(14-12-29)23(31)26-17-5-8-19(24)20(25)15-17/h3-10,15H,2,11-14H2,1H3,(H,26,31). The van der Waals surface area contributed by atoms with E-state index in [2.05, 4.69) is 20.4 Å². The van der Waals surface area contributed by atoms with E-state index >= 15 is 0 Å². The highest BCUT2D eigenvalue weighted by Gasteiger charge is 2.22. The number of rotatable bonds is 5. The zero-order chi connectivity index (χ0) is 22.5. The number of piperazine rings is 1. The van der Waals surface area contributed by atoms with Gasteiger partial charge in [-0.25, -0.2) is 4.79 Å². The van der Waals surface area contributed by atoms with Crippen molar-refractivity contribution in [1.29, 1.82) is 0 Å². The molecule has 1 aromatic heterocycles. The van der Waals surface area contributed by atoms with Crippen LogP contribution in [0.15, 0.2) is 54.6 Å². The Bertz CT molecular complexity index is 1070. The Labute approximate surface area is 196 Å². The second-order valence-corrected chi connectivity index (χ2v) is 8.08. The first-order chi connectivity index (χ1) is 15.5. The highest BCUT2D eigenvalue weighted by molar-refractivity contribution is 6.42. The lowest BCUT2D eigenvalue weighted by Gasteiger charge is -2.35. The van der Waals surface area contributed by atoms with E-state index in [1.807, 2.05) is 43.3 Å². The normalized spacial score (nSPS) is 13.7. The van der Waals surface area contributed by atoms with Gasteiger partial charge in [-0.2, -0.15) is 0 Å². The number of carbonyl (C=O) groups is 1. The van der Waals surface area contributed by atoms with Gasteiger partial charge in [-0.1, -0.05) is 23.2 Å². The van der Waals surface area contributed by atoms with Gasteiger partial charge in [0.25, 0.3) is 0 Å². The van der Waals surface area contributed by atoms with Crippen molar-refractivity contribution in [1.82, 2.24) is 15.1 Å². The molecule has 166 valence electrons. The molecule has 0 aliphatic carbocycles. The predicted molar refractivity (Wildman–Crippen MR) is 128 cm³/mol. The molecule has 0 radical (unpaired) electrons. The molecule has 1 aliphatic rings. The molecular weight excluding hydrogens is 449 g/mol. The number of benzene rings is 2. The monoisotopic (exact) mass is 471 g/mol. The molecule has 0 unspecified atom stereocenters. The summed E-state index contributed by atoms with van der Waals surface area (Å²) in [6.07, 6.45) is 0. The van der Waals surface area contributed by atoms with Crippen molar-refractivity contribution < 1.29 is 9.53 Å². The molecule has 1 fully saturated rings. The number of anilines is 2. The first kappa shape index (κ1) is 22.2. The summed E-state index contributed by atoms with van der Waals surface area (Å²) in [7, 11) is 0. The smallest absolute Gasteiger partial charge is 0.321 e. The van der Waals surface area contributed by atoms with Gasteiger partial charge in [0.1, 0.15) is 5.75 Å². The number of urea groups is 1. The van der Waals surface area contributed by atoms with Gasteiger partial charge in [0.05, 0.1) is 22.3 Å². The van der Waals surface area contributed by atoms with Gasteiger partial charge in [-0.05, 0) is 61.5 Å². The molecule has 1 N–H and O–H groups in total. The fraction of sp³-hybridized carbons (Fsp3) is 0.261. The number of hydrogen-bond acceptors (Lipinski definition) is 5. The highest BCUT2D eigenvalue weighted by Crippen LogP contribution is 2.26. The van der Waals surface area contributed by atoms with Crippen molar-refractivity contribution in [3.63, 3.8) is 0 Å². The van der Waals surface area contributed by atoms with Crippen LogP contribution in [0.5, 0.6) is 5.75 Å². The van der Waals surface area contributed by atoms with E-state index in [9.17, 15) is 4.79 Å². The average Bonchev–Trinajstić information content (AvgIpc) is 2.82. The molecule has 9 heteroatoms. The topological polar surface area (TPSA) is 70.6 Å². The molecule has 0 bridgehead atoms. The van der Waals surface area contributed by atoms with Crippen LogP contribution < -0.4 is 15.0 Å². The van der Waals surface area contributed by atoms with E-state index in [0.29, 0.717) is 48.5 Å². The van der Waals surface area contributed by atoms with Crippen LogP contribution in [0.1, 0.15) is 6.92 Å². The van der Waals surface area contributed by atoms with Crippen molar-refractivity contribution in [3.05, 3.63) is 64.6 Å². The maximum atomic E-state index is 12.6. The van der Waals surface area contributed by atoms with Gasteiger partial charge in [-0.3, -0.25) is 0 Å². The summed E-state index contributed by atoms with van der Waals surface area (Å²) in [6.45, 7) is 5.10. The Morgan fingerprint density at radius 1 is 0.969 bits per heavy atom. The summed E-state index contributed by atoms with van der Waals surface area (Å²) in [5, 5.41) is 12.5. The fourth-order valence-electron chi connectivity index (χ4n) is 3.45. The minimum atomic E-state index is -0.167. The number of aromatic nitrogens is 2. The lowest BCUT2D eigenvalue weighted by Crippen LogP contribution is -2.50. The summed E-state index contributed by atoms with van der Waals surface area (Å²) in [6, 6.07) is 16.6. The number of hydrogen-bond donors (Lipinski definition) is 1. The van der Waals surface area contributed by atoms with Crippen molar-refractivity contribution in [2.24, 2.45) is 0 Å². The lowest BCUT2D eigenvalue weighted by atomic mass is 10.1. The molecule has 3 aromatic rings. The molecule has 2 amide bonds. The number of nitrogens with one attached hydrogen (secondary N) is 1. The molecule has 0 atom stereocenters. The van der Waals surface area contributed by atoms with Gasteiger partial charge in [0, 0.05) is 37.4 Å². The van der Waals surface area contributed by atoms with Crippen LogP contribution in [0.25, 0.3) is 11.3 Å². The summed E-state index contributed by atoms with van der Waals surface area (Å²) in [5.74, 6) is 1.63. The Hall–Kier alpha value is -3.03. The molecule has 1 saturated heterocycles. The third-order valence-corrected chi connectivity index (χ3v) is 5.91. The van der Waals surface area contributed by atoms with E-state index in [1.54, 1.807) is 23.1 Å². The molecule has 4 rings (SSSR count). The van der Waals surface area contributed by atoms with E-state index in [4.69, 9.17) is 27.9 Å². The third-order valence-electron chi connectivity index (χ3n) is 5.17. The molecule has 1 aliphatic heterocycles. The van der Waals surface area contributed by atoms with Gasteiger partial charge in [-0.15, -0.1) is 10.2 Å². The molecule has 0 spiro atoms. The molecular formula is C23H23Cl2N5O2. The van der Waals surface area contributed by atoms with Gasteiger partial charge >= 0.3 is 6.03 Å². The second kappa shape index (κ2) is 10.1. The summed E-state index contributed by atoms with van der Waals surface area (Å²) in [4.78, 5) is 16.4. The minimum Gasteiger partial charge on any atom is -0.494 e. The quantitative estimate of drug-likeness (QED) is 0.553. The second-order valence-electron chi connectivity index (χ2n) is 7.27. The zero-order valence-electron chi connectivity index (χ0n) is 17.6. The van der Waals surface area contributed by atoms with E-state index in [1.165, 1.54) is 0 Å².